The van der Waals surface area contributed by atoms with Crippen LogP contribution in [0.2, 0.25) is 0 Å². The zero-order valence-electron chi connectivity index (χ0n) is 15.1. The number of benzene rings is 1. The van der Waals surface area contributed by atoms with Crippen LogP contribution in [0, 0.1) is 10.1 Å². The number of anilines is 1. The third-order valence-corrected chi connectivity index (χ3v) is 5.79. The van der Waals surface area contributed by atoms with E-state index >= 15 is 0 Å². The summed E-state index contributed by atoms with van der Waals surface area (Å²) in [6.07, 6.45) is 8.42. The summed E-state index contributed by atoms with van der Waals surface area (Å²) in [5.74, 6) is -0.544. The number of nitrogens with zero attached hydrogens (tertiary/aromatic N) is 3. The van der Waals surface area contributed by atoms with E-state index in [9.17, 15) is 19.7 Å². The van der Waals surface area contributed by atoms with Crippen LogP contribution < -0.4 is 4.90 Å². The van der Waals surface area contributed by atoms with E-state index in [1.165, 1.54) is 17.0 Å². The normalized spacial score (nSPS) is 28.0. The average Bonchev–Trinajstić information content (AvgIpc) is 2.90. The second-order valence-electron chi connectivity index (χ2n) is 7.24. The molecule has 1 aliphatic carbocycles. The molecule has 0 aromatic heterocycles. The molecule has 3 aliphatic heterocycles. The summed E-state index contributed by atoms with van der Waals surface area (Å²) in [5.41, 5.74) is 0.153. The van der Waals surface area contributed by atoms with Gasteiger partial charge in [-0.15, -0.1) is 0 Å². The van der Waals surface area contributed by atoms with Gasteiger partial charge in [0.15, 0.2) is 12.0 Å². The predicted octanol–water partition coefficient (Wildman–Crippen LogP) is 2.52. The van der Waals surface area contributed by atoms with Crippen molar-refractivity contribution in [3.63, 3.8) is 0 Å². The van der Waals surface area contributed by atoms with Crippen molar-refractivity contribution >= 4 is 23.1 Å². The minimum atomic E-state index is -1.65. The van der Waals surface area contributed by atoms with E-state index in [2.05, 4.69) is 0 Å². The van der Waals surface area contributed by atoms with E-state index in [0.717, 1.165) is 5.70 Å². The van der Waals surface area contributed by atoms with E-state index in [4.69, 9.17) is 4.74 Å². The molecule has 3 heterocycles. The number of carbonyl (C=O) groups excluding carboxylic acids is 2. The maximum atomic E-state index is 13.5. The molecule has 1 spiro atoms. The van der Waals surface area contributed by atoms with Crippen LogP contribution in [0.3, 0.4) is 0 Å². The monoisotopic (exact) mass is 379 g/mol. The fourth-order valence-corrected chi connectivity index (χ4v) is 4.57. The second-order valence-corrected chi connectivity index (χ2v) is 7.24. The van der Waals surface area contributed by atoms with Crippen LogP contribution in [0.25, 0.3) is 0 Å². The van der Waals surface area contributed by atoms with Crippen LogP contribution in [0.15, 0.2) is 53.9 Å². The van der Waals surface area contributed by atoms with Crippen molar-refractivity contribution in [2.75, 3.05) is 11.9 Å². The van der Waals surface area contributed by atoms with E-state index in [1.54, 1.807) is 13.1 Å². The molecule has 0 saturated carbocycles. The first kappa shape index (κ1) is 16.9. The number of ketones is 1. The molecule has 1 amide bonds. The summed E-state index contributed by atoms with van der Waals surface area (Å²) in [4.78, 5) is 40.7. The Hall–Kier alpha value is -3.26. The Bertz CT molecular complexity index is 1040. The first-order valence-corrected chi connectivity index (χ1v) is 9.10. The molecule has 8 heteroatoms. The number of rotatable bonds is 1. The Morgan fingerprint density at radius 1 is 1.25 bits per heavy atom. The smallest absolute Gasteiger partial charge is 0.269 e. The molecule has 2 atom stereocenters. The molecule has 0 fully saturated rings. The van der Waals surface area contributed by atoms with Crippen LogP contribution in [0.4, 0.5) is 11.4 Å². The number of non-ortho nitro benzene ring substituents is 1. The van der Waals surface area contributed by atoms with Gasteiger partial charge in [0.05, 0.1) is 16.2 Å². The Kier molecular flexibility index (Phi) is 3.39. The van der Waals surface area contributed by atoms with Crippen molar-refractivity contribution in [1.29, 1.82) is 0 Å². The van der Waals surface area contributed by atoms with E-state index in [1.807, 2.05) is 29.3 Å². The van der Waals surface area contributed by atoms with Gasteiger partial charge in [0, 0.05) is 43.1 Å². The molecule has 0 unspecified atom stereocenters. The van der Waals surface area contributed by atoms with Crippen molar-refractivity contribution in [1.82, 2.24) is 4.90 Å². The second kappa shape index (κ2) is 5.62. The highest BCUT2D eigenvalue weighted by molar-refractivity contribution is 6.16. The molecule has 5 rings (SSSR count). The van der Waals surface area contributed by atoms with Crippen LogP contribution >= 0.6 is 0 Å². The molecule has 0 radical (unpaired) electrons. The summed E-state index contributed by atoms with van der Waals surface area (Å²) in [6.45, 7) is 0. The van der Waals surface area contributed by atoms with E-state index < -0.39 is 22.7 Å². The number of hydrogen-bond donors (Lipinski definition) is 0. The van der Waals surface area contributed by atoms with Gasteiger partial charge in [-0.3, -0.25) is 19.7 Å². The summed E-state index contributed by atoms with van der Waals surface area (Å²) >= 11 is 0. The van der Waals surface area contributed by atoms with Gasteiger partial charge in [-0.1, -0.05) is 6.08 Å². The minimum Gasteiger partial charge on any atom is -0.328 e. The quantitative estimate of drug-likeness (QED) is 0.550. The van der Waals surface area contributed by atoms with E-state index in [-0.39, 0.29) is 11.5 Å². The lowest BCUT2D eigenvalue weighted by atomic mass is 9.77. The lowest BCUT2D eigenvalue weighted by Crippen LogP contribution is -2.55. The topological polar surface area (TPSA) is 93.0 Å². The molecule has 8 nitrogen and oxygen atoms in total. The van der Waals surface area contributed by atoms with E-state index in [0.29, 0.717) is 36.1 Å². The minimum absolute atomic E-state index is 0.142. The van der Waals surface area contributed by atoms with Crippen molar-refractivity contribution in [3.8, 4) is 0 Å². The van der Waals surface area contributed by atoms with Crippen LogP contribution in [-0.4, -0.2) is 34.8 Å². The number of nitro groups is 1. The van der Waals surface area contributed by atoms with Crippen LogP contribution in [0.1, 0.15) is 24.8 Å². The fourth-order valence-electron chi connectivity index (χ4n) is 4.57. The molecular formula is C20H17N3O5. The van der Waals surface area contributed by atoms with Crippen molar-refractivity contribution < 1.29 is 19.2 Å². The number of fused-ring (bicyclic) bond motifs is 5. The predicted molar refractivity (Wildman–Crippen MR) is 99.1 cm³/mol. The SMILES string of the molecule is CN1C(=O)[C@@]2(O[C@H]3C=CC=CN3C3=C2C(=O)CCC3)c2cc([N+](=O)[O-])ccc21. The molecule has 0 bridgehead atoms. The van der Waals surface area contributed by atoms with Crippen LogP contribution in [-0.2, 0) is 19.9 Å². The largest absolute Gasteiger partial charge is 0.328 e. The van der Waals surface area contributed by atoms with Gasteiger partial charge in [0.2, 0.25) is 5.60 Å². The third kappa shape index (κ3) is 1.98. The highest BCUT2D eigenvalue weighted by Crippen LogP contribution is 2.54. The highest BCUT2D eigenvalue weighted by atomic mass is 16.6. The Balaban J connectivity index is 1.83. The summed E-state index contributed by atoms with van der Waals surface area (Å²) in [5, 5.41) is 11.4. The zero-order chi connectivity index (χ0) is 19.6. The number of ether oxygens (including phenoxy) is 1. The Morgan fingerprint density at radius 2 is 2.07 bits per heavy atom. The zero-order valence-corrected chi connectivity index (χ0v) is 15.1. The number of carbonyl (C=O) groups is 2. The number of nitro benzene ring substituents is 1. The summed E-state index contributed by atoms with van der Waals surface area (Å²) in [6, 6.07) is 4.26. The maximum Gasteiger partial charge on any atom is 0.269 e. The molecule has 142 valence electrons. The average molecular weight is 379 g/mol. The lowest BCUT2D eigenvalue weighted by molar-refractivity contribution is -0.385. The van der Waals surface area contributed by atoms with Crippen LogP contribution in [0.5, 0.6) is 0 Å². The highest BCUT2D eigenvalue weighted by Gasteiger charge is 2.61. The van der Waals surface area contributed by atoms with Gasteiger partial charge in [-0.25, -0.2) is 0 Å². The first-order valence-electron chi connectivity index (χ1n) is 9.10. The molecular weight excluding hydrogens is 362 g/mol. The number of Topliss-reactive ketones (excluding diaryl/α,β-unsaturated/α-hetero) is 1. The molecule has 4 aliphatic rings. The van der Waals surface area contributed by atoms with Crippen molar-refractivity contribution in [2.24, 2.45) is 0 Å². The molecule has 0 N–H and O–H groups in total. The molecule has 0 saturated heterocycles. The fraction of sp³-hybridized carbons (Fsp3) is 0.300. The van der Waals surface area contributed by atoms with Gasteiger partial charge >= 0.3 is 0 Å². The first-order chi connectivity index (χ1) is 13.4. The Morgan fingerprint density at radius 3 is 2.86 bits per heavy atom. The maximum absolute atomic E-state index is 13.5. The summed E-state index contributed by atoms with van der Waals surface area (Å²) in [7, 11) is 1.60. The van der Waals surface area contributed by atoms with Gasteiger partial charge < -0.3 is 14.5 Å². The number of allylic oxidation sites excluding steroid dienone is 3. The molecule has 1 aromatic carbocycles. The van der Waals surface area contributed by atoms with Crippen molar-refractivity contribution in [3.05, 3.63) is 69.6 Å². The van der Waals surface area contributed by atoms with Gasteiger partial charge in [-0.2, -0.15) is 0 Å². The number of amides is 1. The van der Waals surface area contributed by atoms with Gasteiger partial charge in [0.1, 0.15) is 0 Å². The lowest BCUT2D eigenvalue weighted by Gasteiger charge is -2.47. The third-order valence-electron chi connectivity index (χ3n) is 5.79. The molecule has 28 heavy (non-hydrogen) atoms. The van der Waals surface area contributed by atoms with Gasteiger partial charge in [-0.05, 0) is 31.1 Å². The number of hydrogen-bond acceptors (Lipinski definition) is 6. The Labute approximate surface area is 160 Å². The standard InChI is InChI=1S/C20H17N3O5/c1-21-14-9-8-12(23(26)27)11-13(14)20(19(21)25)18-15(5-4-6-16(18)24)22-10-3-2-7-17(22)28-20/h2-3,7-11,17H,4-6H2,1H3/t17-,20+/m0/s1. The molecule has 1 aromatic rings. The van der Waals surface area contributed by atoms with Gasteiger partial charge in [0.25, 0.3) is 11.6 Å². The summed E-state index contributed by atoms with van der Waals surface area (Å²) < 4.78 is 6.32. The number of likely N-dealkylation sites (N-methyl/N-ethyl adjacent to an activating group) is 1. The van der Waals surface area contributed by atoms with Crippen molar-refractivity contribution in [2.45, 2.75) is 31.1 Å².